The van der Waals surface area contributed by atoms with Crippen LogP contribution in [0.3, 0.4) is 0 Å². The molecule has 1 fully saturated rings. The van der Waals surface area contributed by atoms with E-state index in [0.29, 0.717) is 35.0 Å². The molecule has 136 valence electrons. The predicted octanol–water partition coefficient (Wildman–Crippen LogP) is 2.71. The van der Waals surface area contributed by atoms with Gasteiger partial charge in [-0.05, 0) is 44.5 Å². The zero-order chi connectivity index (χ0) is 16.9. The van der Waals surface area contributed by atoms with Crippen LogP contribution in [0.25, 0.3) is 0 Å². The summed E-state index contributed by atoms with van der Waals surface area (Å²) in [6.07, 6.45) is 1.98. The van der Waals surface area contributed by atoms with Crippen molar-refractivity contribution in [2.24, 2.45) is 0 Å². The van der Waals surface area contributed by atoms with Gasteiger partial charge in [-0.15, -0.1) is 12.4 Å². The fourth-order valence-corrected chi connectivity index (χ4v) is 2.83. The van der Waals surface area contributed by atoms with Crippen LogP contribution in [0.1, 0.15) is 47.8 Å². The standard InChI is InChI=1S/C17H21N3O4.ClH/c1-11-8-12(6-7-18-11)16-19-15(20-24-16)10-23-14-5-3-4-13(9-14)17(21)22-2;/h3-5,9,11-12,18H,6-8,10H2,1-2H3;1H/t11-,12-;/m0./s1. The van der Waals surface area contributed by atoms with E-state index in [2.05, 4.69) is 22.4 Å². The van der Waals surface area contributed by atoms with Crippen LogP contribution in [0.15, 0.2) is 28.8 Å². The van der Waals surface area contributed by atoms with E-state index in [1.165, 1.54) is 7.11 Å². The minimum Gasteiger partial charge on any atom is -0.485 e. The maximum Gasteiger partial charge on any atom is 0.337 e. The molecule has 1 aliphatic heterocycles. The number of benzene rings is 1. The van der Waals surface area contributed by atoms with Crippen molar-refractivity contribution in [3.05, 3.63) is 41.5 Å². The summed E-state index contributed by atoms with van der Waals surface area (Å²) in [5, 5.41) is 7.38. The fraction of sp³-hybridized carbons (Fsp3) is 0.471. The third-order valence-electron chi connectivity index (χ3n) is 4.08. The number of rotatable bonds is 5. The molecule has 2 aromatic rings. The fourth-order valence-electron chi connectivity index (χ4n) is 2.83. The number of hydrogen-bond acceptors (Lipinski definition) is 7. The van der Waals surface area contributed by atoms with E-state index in [1.54, 1.807) is 24.3 Å². The Balaban J connectivity index is 0.00000225. The van der Waals surface area contributed by atoms with Gasteiger partial charge in [0.15, 0.2) is 6.61 Å². The molecule has 1 N–H and O–H groups in total. The first-order valence-corrected chi connectivity index (χ1v) is 8.02. The summed E-state index contributed by atoms with van der Waals surface area (Å²) in [5.41, 5.74) is 0.437. The summed E-state index contributed by atoms with van der Waals surface area (Å²) in [5.74, 6) is 1.62. The number of hydrogen-bond donors (Lipinski definition) is 1. The van der Waals surface area contributed by atoms with Crippen LogP contribution in [0.4, 0.5) is 0 Å². The van der Waals surface area contributed by atoms with E-state index in [1.807, 2.05) is 0 Å². The van der Waals surface area contributed by atoms with Gasteiger partial charge in [-0.1, -0.05) is 11.2 Å². The number of carbonyl (C=O) groups is 1. The van der Waals surface area contributed by atoms with Gasteiger partial charge in [0.05, 0.1) is 12.7 Å². The predicted molar refractivity (Wildman–Crippen MR) is 93.1 cm³/mol. The van der Waals surface area contributed by atoms with Crippen molar-refractivity contribution in [1.82, 2.24) is 15.5 Å². The largest absolute Gasteiger partial charge is 0.485 e. The van der Waals surface area contributed by atoms with Gasteiger partial charge in [0.25, 0.3) is 0 Å². The molecule has 1 aromatic carbocycles. The average molecular weight is 368 g/mol. The van der Waals surface area contributed by atoms with E-state index in [0.717, 1.165) is 19.4 Å². The van der Waals surface area contributed by atoms with E-state index in [-0.39, 0.29) is 19.0 Å². The molecule has 2 atom stereocenters. The van der Waals surface area contributed by atoms with Crippen molar-refractivity contribution >= 4 is 18.4 Å². The van der Waals surface area contributed by atoms with Crippen molar-refractivity contribution in [2.45, 2.75) is 38.3 Å². The van der Waals surface area contributed by atoms with Crippen LogP contribution in [-0.2, 0) is 11.3 Å². The Morgan fingerprint density at radius 3 is 3.04 bits per heavy atom. The van der Waals surface area contributed by atoms with E-state index >= 15 is 0 Å². The highest BCUT2D eigenvalue weighted by molar-refractivity contribution is 5.89. The Morgan fingerprint density at radius 1 is 1.44 bits per heavy atom. The number of piperidine rings is 1. The number of carbonyl (C=O) groups excluding carboxylic acids is 1. The van der Waals surface area contributed by atoms with Crippen molar-refractivity contribution < 1.29 is 18.8 Å². The first-order chi connectivity index (χ1) is 11.7. The van der Waals surface area contributed by atoms with Gasteiger partial charge >= 0.3 is 5.97 Å². The lowest BCUT2D eigenvalue weighted by Gasteiger charge is -2.25. The van der Waals surface area contributed by atoms with Gasteiger partial charge in [-0.2, -0.15) is 4.98 Å². The SMILES string of the molecule is COC(=O)c1cccc(OCc2noc([C@H]3CCN[C@@H](C)C3)n2)c1.Cl. The second-order valence-electron chi connectivity index (χ2n) is 5.93. The third kappa shape index (κ3) is 4.93. The number of ether oxygens (including phenoxy) is 2. The molecule has 0 unspecified atom stereocenters. The molecule has 0 saturated carbocycles. The highest BCUT2D eigenvalue weighted by atomic mass is 35.5. The van der Waals surface area contributed by atoms with Gasteiger partial charge in [0.1, 0.15) is 5.75 Å². The summed E-state index contributed by atoms with van der Waals surface area (Å²) in [6.45, 7) is 3.30. The van der Waals surface area contributed by atoms with Crippen molar-refractivity contribution in [1.29, 1.82) is 0 Å². The minimum absolute atomic E-state index is 0. The lowest BCUT2D eigenvalue weighted by molar-refractivity contribution is 0.0600. The van der Waals surface area contributed by atoms with Gasteiger partial charge in [-0.25, -0.2) is 4.79 Å². The smallest absolute Gasteiger partial charge is 0.337 e. The first-order valence-electron chi connectivity index (χ1n) is 8.02. The van der Waals surface area contributed by atoms with Gasteiger partial charge in [0.2, 0.25) is 11.7 Å². The molecule has 0 bridgehead atoms. The molecule has 1 aromatic heterocycles. The Bertz CT molecular complexity index is 707. The highest BCUT2D eigenvalue weighted by Gasteiger charge is 2.25. The molecule has 25 heavy (non-hydrogen) atoms. The molecule has 2 heterocycles. The number of nitrogens with one attached hydrogen (secondary N) is 1. The van der Waals surface area contributed by atoms with Gasteiger partial charge in [0, 0.05) is 12.0 Å². The monoisotopic (exact) mass is 367 g/mol. The first kappa shape index (κ1) is 19.2. The lowest BCUT2D eigenvalue weighted by Crippen LogP contribution is -2.34. The molecule has 3 rings (SSSR count). The van der Waals surface area contributed by atoms with Crippen LogP contribution in [0, 0.1) is 0 Å². The quantitative estimate of drug-likeness (QED) is 0.813. The summed E-state index contributed by atoms with van der Waals surface area (Å²) >= 11 is 0. The Morgan fingerprint density at radius 2 is 2.28 bits per heavy atom. The minimum atomic E-state index is -0.401. The Labute approximate surface area is 152 Å². The van der Waals surface area contributed by atoms with Gasteiger partial charge < -0.3 is 19.3 Å². The van der Waals surface area contributed by atoms with Crippen molar-refractivity contribution in [3.63, 3.8) is 0 Å². The van der Waals surface area contributed by atoms with Crippen LogP contribution in [0.5, 0.6) is 5.75 Å². The molecule has 1 aliphatic rings. The summed E-state index contributed by atoms with van der Waals surface area (Å²) in [4.78, 5) is 16.0. The number of methoxy groups -OCH3 is 1. The summed E-state index contributed by atoms with van der Waals surface area (Å²) in [6, 6.07) is 7.25. The number of esters is 1. The zero-order valence-corrected chi connectivity index (χ0v) is 15.0. The van der Waals surface area contributed by atoms with Crippen LogP contribution in [-0.4, -0.2) is 35.8 Å². The molecular formula is C17H22ClN3O4. The Kier molecular flexibility index (Phi) is 6.78. The van der Waals surface area contributed by atoms with Crippen LogP contribution >= 0.6 is 12.4 Å². The molecular weight excluding hydrogens is 346 g/mol. The van der Waals surface area contributed by atoms with Crippen molar-refractivity contribution in [2.75, 3.05) is 13.7 Å². The molecule has 0 amide bonds. The number of aromatic nitrogens is 2. The van der Waals surface area contributed by atoms with E-state index in [9.17, 15) is 4.79 Å². The third-order valence-corrected chi connectivity index (χ3v) is 4.08. The molecule has 8 heteroatoms. The zero-order valence-electron chi connectivity index (χ0n) is 14.2. The lowest BCUT2D eigenvalue weighted by atomic mass is 9.93. The number of nitrogens with zero attached hydrogens (tertiary/aromatic N) is 2. The summed E-state index contributed by atoms with van der Waals surface area (Å²) in [7, 11) is 1.35. The Hall–Kier alpha value is -2.12. The van der Waals surface area contributed by atoms with Crippen LogP contribution in [0.2, 0.25) is 0 Å². The second-order valence-corrected chi connectivity index (χ2v) is 5.93. The van der Waals surface area contributed by atoms with Crippen LogP contribution < -0.4 is 10.1 Å². The normalized spacial score (nSPS) is 19.8. The van der Waals surface area contributed by atoms with Crippen molar-refractivity contribution in [3.8, 4) is 5.75 Å². The van der Waals surface area contributed by atoms with E-state index < -0.39 is 5.97 Å². The second kappa shape index (κ2) is 8.82. The summed E-state index contributed by atoms with van der Waals surface area (Å²) < 4.78 is 15.7. The average Bonchev–Trinajstić information content (AvgIpc) is 3.08. The maximum absolute atomic E-state index is 11.5. The molecule has 7 nitrogen and oxygen atoms in total. The maximum atomic E-state index is 11.5. The van der Waals surface area contributed by atoms with Gasteiger partial charge in [-0.3, -0.25) is 0 Å². The topological polar surface area (TPSA) is 86.5 Å². The molecule has 1 saturated heterocycles. The molecule has 0 radical (unpaired) electrons. The molecule has 0 spiro atoms. The number of halogens is 1. The molecule has 0 aliphatic carbocycles. The van der Waals surface area contributed by atoms with E-state index in [4.69, 9.17) is 14.0 Å². The highest BCUT2D eigenvalue weighted by Crippen LogP contribution is 2.26.